The van der Waals surface area contributed by atoms with Crippen LogP contribution in [0.5, 0.6) is 0 Å². The van der Waals surface area contributed by atoms with Gasteiger partial charge in [-0.15, -0.1) is 0 Å². The van der Waals surface area contributed by atoms with Crippen LogP contribution in [0.2, 0.25) is 5.02 Å². The third kappa shape index (κ3) is 3.74. The average molecular weight is 383 g/mol. The van der Waals surface area contributed by atoms with Crippen molar-refractivity contribution in [2.45, 2.75) is 6.04 Å². The second-order valence-electron chi connectivity index (χ2n) is 3.70. The predicted octanol–water partition coefficient (Wildman–Crippen LogP) is 2.59. The SMILES string of the molecule is O=C(Nc1ccc(Cl)cc1I)C1CSCCN1. The summed E-state index contributed by atoms with van der Waals surface area (Å²) in [5, 5.41) is 6.81. The summed E-state index contributed by atoms with van der Waals surface area (Å²) in [6.07, 6.45) is 0. The summed E-state index contributed by atoms with van der Waals surface area (Å²) in [5.74, 6) is 1.93. The summed E-state index contributed by atoms with van der Waals surface area (Å²) < 4.78 is 0.951. The first-order valence-electron chi connectivity index (χ1n) is 5.24. The monoisotopic (exact) mass is 382 g/mol. The Hall–Kier alpha value is 0.0200. The highest BCUT2D eigenvalue weighted by Gasteiger charge is 2.21. The van der Waals surface area contributed by atoms with E-state index in [4.69, 9.17) is 11.6 Å². The molecule has 1 amide bonds. The Morgan fingerprint density at radius 1 is 1.59 bits per heavy atom. The number of benzene rings is 1. The highest BCUT2D eigenvalue weighted by Crippen LogP contribution is 2.22. The van der Waals surface area contributed by atoms with Gasteiger partial charge in [0.2, 0.25) is 5.91 Å². The first-order valence-corrected chi connectivity index (χ1v) is 7.85. The van der Waals surface area contributed by atoms with E-state index in [1.54, 1.807) is 17.8 Å². The van der Waals surface area contributed by atoms with Crippen LogP contribution < -0.4 is 10.6 Å². The second kappa shape index (κ2) is 6.26. The molecule has 0 aromatic heterocycles. The molecule has 0 saturated carbocycles. The zero-order chi connectivity index (χ0) is 12.3. The number of halogens is 2. The smallest absolute Gasteiger partial charge is 0.242 e. The highest BCUT2D eigenvalue weighted by atomic mass is 127. The van der Waals surface area contributed by atoms with E-state index in [9.17, 15) is 4.79 Å². The highest BCUT2D eigenvalue weighted by molar-refractivity contribution is 14.1. The standard InChI is InChI=1S/C11H12ClIN2OS/c12-7-1-2-9(8(13)5-7)15-11(16)10-6-17-4-3-14-10/h1-2,5,10,14H,3-4,6H2,(H,15,16). The van der Waals surface area contributed by atoms with E-state index in [1.165, 1.54) is 0 Å². The zero-order valence-electron chi connectivity index (χ0n) is 9.00. The molecule has 1 heterocycles. The third-order valence-electron chi connectivity index (χ3n) is 2.43. The molecule has 1 saturated heterocycles. The van der Waals surface area contributed by atoms with Gasteiger partial charge in [0.25, 0.3) is 0 Å². The van der Waals surface area contributed by atoms with Crippen molar-refractivity contribution in [2.24, 2.45) is 0 Å². The molecule has 92 valence electrons. The maximum absolute atomic E-state index is 12.0. The van der Waals surface area contributed by atoms with Crippen LogP contribution >= 0.6 is 46.0 Å². The van der Waals surface area contributed by atoms with Crippen LogP contribution in [0.1, 0.15) is 0 Å². The van der Waals surface area contributed by atoms with E-state index < -0.39 is 0 Å². The molecule has 0 radical (unpaired) electrons. The van der Waals surface area contributed by atoms with E-state index in [2.05, 4.69) is 33.2 Å². The van der Waals surface area contributed by atoms with E-state index in [0.29, 0.717) is 5.02 Å². The van der Waals surface area contributed by atoms with Gasteiger partial charge in [-0.05, 0) is 40.8 Å². The molecule has 1 atom stereocenters. The minimum Gasteiger partial charge on any atom is -0.324 e. The number of carbonyl (C=O) groups is 1. The van der Waals surface area contributed by atoms with Gasteiger partial charge < -0.3 is 10.6 Å². The number of amides is 1. The van der Waals surface area contributed by atoms with E-state index >= 15 is 0 Å². The van der Waals surface area contributed by atoms with Gasteiger partial charge in [-0.3, -0.25) is 4.79 Å². The van der Waals surface area contributed by atoms with Crippen molar-refractivity contribution >= 4 is 57.5 Å². The van der Waals surface area contributed by atoms with E-state index in [1.807, 2.05) is 12.1 Å². The topological polar surface area (TPSA) is 41.1 Å². The molecule has 0 aliphatic carbocycles. The third-order valence-corrected chi connectivity index (χ3v) is 4.62. The molecule has 0 spiro atoms. The lowest BCUT2D eigenvalue weighted by atomic mass is 10.2. The summed E-state index contributed by atoms with van der Waals surface area (Å²) in [6.45, 7) is 0.889. The molecule has 2 rings (SSSR count). The number of nitrogens with one attached hydrogen (secondary N) is 2. The van der Waals surface area contributed by atoms with Crippen LogP contribution in [0.4, 0.5) is 5.69 Å². The van der Waals surface area contributed by atoms with Gasteiger partial charge >= 0.3 is 0 Å². The Kier molecular flexibility index (Phi) is 4.96. The summed E-state index contributed by atoms with van der Waals surface area (Å²) in [6, 6.07) is 5.35. The van der Waals surface area contributed by atoms with Crippen molar-refractivity contribution < 1.29 is 4.79 Å². The van der Waals surface area contributed by atoms with E-state index in [0.717, 1.165) is 27.3 Å². The molecular weight excluding hydrogens is 371 g/mol. The normalized spacial score (nSPS) is 20.0. The summed E-state index contributed by atoms with van der Waals surface area (Å²) >= 11 is 9.84. The molecule has 1 aromatic carbocycles. The molecule has 3 nitrogen and oxygen atoms in total. The summed E-state index contributed by atoms with van der Waals surface area (Å²) in [7, 11) is 0. The number of hydrogen-bond donors (Lipinski definition) is 2. The summed E-state index contributed by atoms with van der Waals surface area (Å²) in [4.78, 5) is 12.0. The average Bonchev–Trinajstić information content (AvgIpc) is 2.34. The van der Waals surface area contributed by atoms with Crippen molar-refractivity contribution in [3.05, 3.63) is 26.8 Å². The molecule has 1 fully saturated rings. The first-order chi connectivity index (χ1) is 8.16. The summed E-state index contributed by atoms with van der Waals surface area (Å²) in [5.41, 5.74) is 0.817. The molecule has 6 heteroatoms. The van der Waals surface area contributed by atoms with Gasteiger partial charge in [0, 0.05) is 26.6 Å². The Morgan fingerprint density at radius 2 is 2.41 bits per heavy atom. The lowest BCUT2D eigenvalue weighted by Crippen LogP contribution is -2.46. The van der Waals surface area contributed by atoms with Gasteiger partial charge in [-0.2, -0.15) is 11.8 Å². The van der Waals surface area contributed by atoms with Gasteiger partial charge in [0.05, 0.1) is 11.7 Å². The Bertz CT molecular complexity index is 424. The van der Waals surface area contributed by atoms with Crippen LogP contribution in [-0.2, 0) is 4.79 Å². The molecule has 1 aliphatic heterocycles. The lowest BCUT2D eigenvalue weighted by Gasteiger charge is -2.22. The number of rotatable bonds is 2. The molecule has 1 aliphatic rings. The van der Waals surface area contributed by atoms with Crippen LogP contribution in [0.15, 0.2) is 18.2 Å². The lowest BCUT2D eigenvalue weighted by molar-refractivity contribution is -0.117. The molecule has 2 N–H and O–H groups in total. The number of hydrogen-bond acceptors (Lipinski definition) is 3. The minimum absolute atomic E-state index is 0.0254. The molecule has 1 aromatic rings. The van der Waals surface area contributed by atoms with E-state index in [-0.39, 0.29) is 11.9 Å². The largest absolute Gasteiger partial charge is 0.324 e. The van der Waals surface area contributed by atoms with Crippen molar-refractivity contribution in [1.29, 1.82) is 0 Å². The predicted molar refractivity (Wildman–Crippen MR) is 81.9 cm³/mol. The quantitative estimate of drug-likeness (QED) is 0.773. The number of thioether (sulfide) groups is 1. The fraction of sp³-hybridized carbons (Fsp3) is 0.364. The molecule has 0 bridgehead atoms. The molecule has 17 heavy (non-hydrogen) atoms. The Labute approximate surface area is 123 Å². The van der Waals surface area contributed by atoms with Gasteiger partial charge in [0.15, 0.2) is 0 Å². The van der Waals surface area contributed by atoms with Crippen LogP contribution in [0, 0.1) is 3.57 Å². The van der Waals surface area contributed by atoms with Crippen LogP contribution in [0.3, 0.4) is 0 Å². The van der Waals surface area contributed by atoms with Crippen molar-refractivity contribution in [1.82, 2.24) is 5.32 Å². The van der Waals surface area contributed by atoms with Gasteiger partial charge in [0.1, 0.15) is 0 Å². The van der Waals surface area contributed by atoms with Gasteiger partial charge in [-0.25, -0.2) is 0 Å². The van der Waals surface area contributed by atoms with Crippen molar-refractivity contribution in [3.8, 4) is 0 Å². The van der Waals surface area contributed by atoms with Crippen molar-refractivity contribution in [2.75, 3.05) is 23.4 Å². The van der Waals surface area contributed by atoms with Crippen LogP contribution in [0.25, 0.3) is 0 Å². The maximum Gasteiger partial charge on any atom is 0.242 e. The Morgan fingerprint density at radius 3 is 3.06 bits per heavy atom. The fourth-order valence-electron chi connectivity index (χ4n) is 1.54. The zero-order valence-corrected chi connectivity index (χ0v) is 12.7. The molecule has 1 unspecified atom stereocenters. The maximum atomic E-state index is 12.0. The Balaban J connectivity index is 2.02. The second-order valence-corrected chi connectivity index (χ2v) is 6.44. The fourth-order valence-corrected chi connectivity index (χ4v) is 3.48. The molecular formula is C11H12ClIN2OS. The number of carbonyl (C=O) groups excluding carboxylic acids is 1. The van der Waals surface area contributed by atoms with Gasteiger partial charge in [-0.1, -0.05) is 11.6 Å². The first kappa shape index (κ1) is 13.5. The number of anilines is 1. The van der Waals surface area contributed by atoms with Crippen LogP contribution in [-0.4, -0.2) is 30.0 Å². The minimum atomic E-state index is -0.0970. The van der Waals surface area contributed by atoms with Crippen molar-refractivity contribution in [3.63, 3.8) is 0 Å².